The third kappa shape index (κ3) is 5.49. The fourth-order valence-electron chi connectivity index (χ4n) is 1.90. The van der Waals surface area contributed by atoms with Gasteiger partial charge < -0.3 is 56.1 Å². The predicted molar refractivity (Wildman–Crippen MR) is 68.5 cm³/mol. The predicted octanol–water partition coefficient (Wildman–Crippen LogP) is -5.40. The quantitative estimate of drug-likeness (QED) is 0.188. The van der Waals surface area contributed by atoms with Gasteiger partial charge in [-0.05, 0) is 6.29 Å². The number of carbonyl (C=O) groups excluding carboxylic acids is 1. The second-order valence-electron chi connectivity index (χ2n) is 5.02. The molecule has 2 rings (SSSR count). The SMILES string of the molecule is O=C1OC(C(O)CO)C(O)=C1[O-].[Cu+2].[NH-]C1C([O-])OC(CO)C(O)C1O. The van der Waals surface area contributed by atoms with Crippen LogP contribution in [0.5, 0.6) is 0 Å². The van der Waals surface area contributed by atoms with Crippen LogP contribution >= 0.6 is 0 Å². The number of aliphatic hydroxyl groups is 6. The molecule has 0 aromatic heterocycles. The van der Waals surface area contributed by atoms with Crippen molar-refractivity contribution in [1.29, 1.82) is 0 Å². The Morgan fingerprint density at radius 3 is 2.20 bits per heavy atom. The van der Waals surface area contributed by atoms with Crippen LogP contribution in [0.2, 0.25) is 0 Å². The van der Waals surface area contributed by atoms with Crippen LogP contribution in [0, 0.1) is 0 Å². The van der Waals surface area contributed by atoms with Crippen molar-refractivity contribution < 1.29 is 72.2 Å². The molecule has 12 nitrogen and oxygen atoms in total. The van der Waals surface area contributed by atoms with Crippen molar-refractivity contribution in [3.8, 4) is 0 Å². The van der Waals surface area contributed by atoms with Gasteiger partial charge in [-0.15, -0.1) is 0 Å². The number of hydrogen-bond acceptors (Lipinski definition) is 11. The van der Waals surface area contributed by atoms with E-state index in [-0.39, 0.29) is 17.1 Å². The molecule has 2 aliphatic heterocycles. The second kappa shape index (κ2) is 10.2. The Kier molecular flexibility index (Phi) is 9.82. The number of ether oxygens (including phenoxy) is 2. The van der Waals surface area contributed by atoms with E-state index in [1.807, 2.05) is 0 Å². The van der Waals surface area contributed by atoms with E-state index in [0.717, 1.165) is 0 Å². The van der Waals surface area contributed by atoms with Gasteiger partial charge >= 0.3 is 23.0 Å². The second-order valence-corrected chi connectivity index (χ2v) is 5.02. The van der Waals surface area contributed by atoms with Crippen LogP contribution in [0.15, 0.2) is 11.5 Å². The Morgan fingerprint density at radius 2 is 1.80 bits per heavy atom. The minimum Gasteiger partial charge on any atom is -0.865 e. The third-order valence-corrected chi connectivity index (χ3v) is 3.34. The maximum atomic E-state index is 10.8. The van der Waals surface area contributed by atoms with E-state index in [4.69, 9.17) is 36.4 Å². The number of rotatable bonds is 3. The molecule has 1 saturated heterocycles. The third-order valence-electron chi connectivity index (χ3n) is 3.34. The van der Waals surface area contributed by atoms with Gasteiger partial charge in [-0.3, -0.25) is 0 Å². The van der Waals surface area contributed by atoms with E-state index in [1.165, 1.54) is 0 Å². The minimum absolute atomic E-state index is 0. The number of esters is 1. The first-order valence-corrected chi connectivity index (χ1v) is 6.75. The summed E-state index contributed by atoms with van der Waals surface area (Å²) in [6.45, 7) is -1.24. The van der Waals surface area contributed by atoms with Crippen LogP contribution in [0.3, 0.4) is 0 Å². The molecule has 0 aliphatic carbocycles. The Bertz CT molecular complexity index is 471. The van der Waals surface area contributed by atoms with Crippen molar-refractivity contribution in [2.75, 3.05) is 13.2 Å². The molecule has 149 valence electrons. The topological polar surface area (TPSA) is 227 Å². The number of carbonyl (C=O) groups is 1. The van der Waals surface area contributed by atoms with Gasteiger partial charge in [0.15, 0.2) is 6.10 Å². The summed E-state index contributed by atoms with van der Waals surface area (Å²) in [5.41, 5.74) is 7.05. The van der Waals surface area contributed by atoms with Crippen molar-refractivity contribution in [2.45, 2.75) is 42.9 Å². The first kappa shape index (κ1) is 24.0. The Labute approximate surface area is 152 Å². The molecule has 7 unspecified atom stereocenters. The Morgan fingerprint density at radius 1 is 1.24 bits per heavy atom. The maximum absolute atomic E-state index is 10.8. The molecule has 1 radical (unpaired) electrons. The van der Waals surface area contributed by atoms with Crippen molar-refractivity contribution in [1.82, 2.24) is 0 Å². The number of hydrogen-bond donors (Lipinski definition) is 6. The van der Waals surface area contributed by atoms with Crippen LogP contribution in [0.1, 0.15) is 0 Å². The largest absolute Gasteiger partial charge is 2.00 e. The van der Waals surface area contributed by atoms with Crippen LogP contribution < -0.4 is 10.2 Å². The minimum atomic E-state index is -1.71. The standard InChI is InChI=1S/C6H11NO5.C6H8O6.Cu/c7-3-5(10)4(9)2(1-8)12-6(3)11;7-1-2(8)5-3(9)4(10)6(11)12-5;/h2-10H,1H2;2,5,7-10H,1H2;/q-2;;+2/p-1. The van der Waals surface area contributed by atoms with E-state index in [2.05, 4.69) is 9.47 Å². The summed E-state index contributed by atoms with van der Waals surface area (Å²) in [5.74, 6) is -3.25. The summed E-state index contributed by atoms with van der Waals surface area (Å²) < 4.78 is 8.78. The first-order chi connectivity index (χ1) is 11.1. The van der Waals surface area contributed by atoms with Crippen LogP contribution in [-0.4, -0.2) is 92.7 Å². The summed E-state index contributed by atoms with van der Waals surface area (Å²) in [6, 6.07) is -1.40. The molecule has 7 N–H and O–H groups in total. The van der Waals surface area contributed by atoms with Crippen LogP contribution in [-0.2, 0) is 31.3 Å². The zero-order valence-corrected chi connectivity index (χ0v) is 13.4. The maximum Gasteiger partial charge on any atom is 2.00 e. The van der Waals surface area contributed by atoms with E-state index in [9.17, 15) is 15.0 Å². The summed E-state index contributed by atoms with van der Waals surface area (Å²) in [7, 11) is 0. The van der Waals surface area contributed by atoms with Gasteiger partial charge in [0.2, 0.25) is 0 Å². The summed E-state index contributed by atoms with van der Waals surface area (Å²) in [4.78, 5) is 10.5. The molecule has 0 aromatic rings. The number of nitrogens with one attached hydrogen (secondary N) is 1. The smallest absolute Gasteiger partial charge is 0.865 e. The van der Waals surface area contributed by atoms with E-state index in [1.54, 1.807) is 0 Å². The summed E-state index contributed by atoms with van der Waals surface area (Å²) in [6.07, 6.45) is -8.47. The monoisotopic (exact) mass is 415 g/mol. The normalized spacial score (nSPS) is 36.0. The van der Waals surface area contributed by atoms with Crippen LogP contribution in [0.4, 0.5) is 0 Å². The van der Waals surface area contributed by atoms with Gasteiger partial charge in [0.25, 0.3) is 0 Å². The van der Waals surface area contributed by atoms with Gasteiger partial charge in [0, 0.05) is 5.76 Å². The van der Waals surface area contributed by atoms with Crippen molar-refractivity contribution in [2.24, 2.45) is 0 Å². The molecule has 13 heteroatoms. The summed E-state index contributed by atoms with van der Waals surface area (Å²) >= 11 is 0. The Hall–Kier alpha value is -0.991. The summed E-state index contributed by atoms with van der Waals surface area (Å²) in [5, 5.41) is 74.4. The number of cyclic esters (lactones) is 1. The molecule has 0 spiro atoms. The molecule has 2 heterocycles. The van der Waals surface area contributed by atoms with Gasteiger partial charge in [0.1, 0.15) is 24.1 Å². The Balaban J connectivity index is 0.000000443. The number of aliphatic hydroxyl groups excluding tert-OH is 6. The van der Waals surface area contributed by atoms with Crippen molar-refractivity contribution >= 4 is 5.97 Å². The molecule has 25 heavy (non-hydrogen) atoms. The van der Waals surface area contributed by atoms with Gasteiger partial charge in [-0.25, -0.2) is 4.79 Å². The zero-order chi connectivity index (χ0) is 18.6. The molecular weight excluding hydrogens is 398 g/mol. The molecule has 0 saturated carbocycles. The van der Waals surface area contributed by atoms with Gasteiger partial charge in [0.05, 0.1) is 19.3 Å². The first-order valence-electron chi connectivity index (χ1n) is 6.75. The molecular formula is C12H18CuNO11-. The van der Waals surface area contributed by atoms with Crippen LogP contribution in [0.25, 0.3) is 5.73 Å². The van der Waals surface area contributed by atoms with Crippen molar-refractivity contribution in [3.63, 3.8) is 0 Å². The molecule has 2 aliphatic rings. The molecule has 0 aromatic carbocycles. The molecule has 0 bridgehead atoms. The van der Waals surface area contributed by atoms with Crippen molar-refractivity contribution in [3.05, 3.63) is 17.3 Å². The van der Waals surface area contributed by atoms with E-state index < -0.39 is 73.6 Å². The molecule has 7 atom stereocenters. The average Bonchev–Trinajstić information content (AvgIpc) is 2.83. The fourth-order valence-corrected chi connectivity index (χ4v) is 1.90. The van der Waals surface area contributed by atoms with E-state index in [0.29, 0.717) is 0 Å². The van der Waals surface area contributed by atoms with Gasteiger partial charge in [-0.2, -0.15) is 0 Å². The molecule has 0 amide bonds. The average molecular weight is 416 g/mol. The van der Waals surface area contributed by atoms with Gasteiger partial charge in [-0.1, -0.05) is 6.04 Å². The fraction of sp³-hybridized carbons (Fsp3) is 0.750. The van der Waals surface area contributed by atoms with E-state index >= 15 is 0 Å². The zero-order valence-electron chi connectivity index (χ0n) is 12.5. The molecule has 1 fully saturated rings.